The molecule has 1 aromatic heterocycles. The van der Waals surface area contributed by atoms with Crippen molar-refractivity contribution in [1.29, 1.82) is 0 Å². The monoisotopic (exact) mass is 263 g/mol. The molecule has 0 fully saturated rings. The second-order valence-corrected chi connectivity index (χ2v) is 3.98. The minimum Gasteiger partial charge on any atom is -0.497 e. The van der Waals surface area contributed by atoms with E-state index in [1.807, 2.05) is 0 Å². The van der Waals surface area contributed by atoms with Gasteiger partial charge >= 0.3 is 5.97 Å². The smallest absolute Gasteiger partial charge is 0.337 e. The third-order valence-electron chi connectivity index (χ3n) is 2.52. The lowest BCUT2D eigenvalue weighted by Gasteiger charge is -2.09. The summed E-state index contributed by atoms with van der Waals surface area (Å²) in [5, 5.41) is 9.54. The summed E-state index contributed by atoms with van der Waals surface area (Å²) in [6.45, 7) is 0. The molecule has 0 bridgehead atoms. The predicted molar refractivity (Wildman–Crippen MR) is 68.2 cm³/mol. The number of halogens is 1. The highest BCUT2D eigenvalue weighted by Crippen LogP contribution is 2.32. The summed E-state index contributed by atoms with van der Waals surface area (Å²) >= 11 is 6.13. The van der Waals surface area contributed by atoms with Crippen LogP contribution < -0.4 is 4.74 Å². The third-order valence-corrected chi connectivity index (χ3v) is 2.83. The molecule has 1 heterocycles. The number of carbonyl (C=O) groups is 1. The fourth-order valence-electron chi connectivity index (χ4n) is 1.64. The van der Waals surface area contributed by atoms with Gasteiger partial charge in [-0.15, -0.1) is 0 Å². The van der Waals surface area contributed by atoms with E-state index in [2.05, 4.69) is 4.98 Å². The molecule has 92 valence electrons. The lowest BCUT2D eigenvalue weighted by molar-refractivity contribution is 0.0697. The average molecular weight is 264 g/mol. The molecule has 2 rings (SSSR count). The average Bonchev–Trinajstić information content (AvgIpc) is 2.38. The number of carboxylic acid groups (broad SMARTS) is 1. The van der Waals surface area contributed by atoms with Gasteiger partial charge in [-0.05, 0) is 24.3 Å². The number of carboxylic acids is 1. The van der Waals surface area contributed by atoms with Crippen LogP contribution in [0.25, 0.3) is 11.1 Å². The molecule has 18 heavy (non-hydrogen) atoms. The number of methoxy groups -OCH3 is 1. The first-order valence-electron chi connectivity index (χ1n) is 5.14. The van der Waals surface area contributed by atoms with E-state index >= 15 is 0 Å². The summed E-state index contributed by atoms with van der Waals surface area (Å²) in [4.78, 5) is 14.9. The zero-order valence-electron chi connectivity index (χ0n) is 9.55. The molecule has 2 aromatic rings. The van der Waals surface area contributed by atoms with Crippen LogP contribution in [0.3, 0.4) is 0 Å². The van der Waals surface area contributed by atoms with Crippen LogP contribution in [0.5, 0.6) is 5.75 Å². The molecule has 0 atom stereocenters. The van der Waals surface area contributed by atoms with Crippen molar-refractivity contribution in [2.75, 3.05) is 7.11 Å². The zero-order chi connectivity index (χ0) is 13.1. The minimum absolute atomic E-state index is 0.115. The molecule has 0 radical (unpaired) electrons. The number of nitrogens with zero attached hydrogens (tertiary/aromatic N) is 1. The second kappa shape index (κ2) is 5.06. The molecule has 0 aliphatic heterocycles. The van der Waals surface area contributed by atoms with E-state index in [0.717, 1.165) is 0 Å². The van der Waals surface area contributed by atoms with Gasteiger partial charge in [-0.1, -0.05) is 11.6 Å². The summed E-state index contributed by atoms with van der Waals surface area (Å²) in [6.07, 6.45) is 2.83. The van der Waals surface area contributed by atoms with Gasteiger partial charge in [0.05, 0.1) is 17.7 Å². The van der Waals surface area contributed by atoms with Gasteiger partial charge in [-0.2, -0.15) is 0 Å². The van der Waals surface area contributed by atoms with Gasteiger partial charge in [0.2, 0.25) is 0 Å². The predicted octanol–water partition coefficient (Wildman–Crippen LogP) is 3.11. The fourth-order valence-corrected chi connectivity index (χ4v) is 1.91. The Labute approximate surface area is 109 Å². The third kappa shape index (κ3) is 2.28. The maximum atomic E-state index is 11.1. The van der Waals surface area contributed by atoms with Crippen LogP contribution in [-0.2, 0) is 0 Å². The van der Waals surface area contributed by atoms with Crippen molar-refractivity contribution < 1.29 is 14.6 Å². The van der Waals surface area contributed by atoms with Crippen molar-refractivity contribution in [2.24, 2.45) is 0 Å². The molecular weight excluding hydrogens is 254 g/mol. The quantitative estimate of drug-likeness (QED) is 0.924. The van der Waals surface area contributed by atoms with Crippen LogP contribution in [0.1, 0.15) is 10.4 Å². The van der Waals surface area contributed by atoms with Gasteiger partial charge < -0.3 is 9.84 Å². The van der Waals surface area contributed by atoms with Gasteiger partial charge in [-0.3, -0.25) is 4.98 Å². The minimum atomic E-state index is -1.04. The van der Waals surface area contributed by atoms with E-state index in [1.54, 1.807) is 31.4 Å². The number of hydrogen-bond donors (Lipinski definition) is 1. The van der Waals surface area contributed by atoms with Crippen LogP contribution in [0.15, 0.2) is 36.7 Å². The molecule has 0 spiro atoms. The molecule has 1 aromatic carbocycles. The van der Waals surface area contributed by atoms with Gasteiger partial charge in [0, 0.05) is 23.5 Å². The second-order valence-electron chi connectivity index (χ2n) is 3.57. The van der Waals surface area contributed by atoms with E-state index in [1.165, 1.54) is 12.4 Å². The maximum absolute atomic E-state index is 11.1. The van der Waals surface area contributed by atoms with Gasteiger partial charge in [0.25, 0.3) is 0 Å². The number of hydrogen-bond acceptors (Lipinski definition) is 3. The lowest BCUT2D eigenvalue weighted by Crippen LogP contribution is -2.00. The van der Waals surface area contributed by atoms with Gasteiger partial charge in [0.1, 0.15) is 5.75 Å². The molecule has 4 nitrogen and oxygen atoms in total. The summed E-state index contributed by atoms with van der Waals surface area (Å²) in [6, 6.07) is 6.72. The number of pyridine rings is 1. The Morgan fingerprint density at radius 1 is 1.33 bits per heavy atom. The maximum Gasteiger partial charge on any atom is 0.337 e. The number of aromatic carboxylic acids is 1. The van der Waals surface area contributed by atoms with Crippen molar-refractivity contribution in [3.63, 3.8) is 0 Å². The number of ether oxygens (including phenoxy) is 1. The van der Waals surface area contributed by atoms with E-state index in [9.17, 15) is 4.79 Å². The first-order chi connectivity index (χ1) is 8.63. The summed E-state index contributed by atoms with van der Waals surface area (Å²) in [7, 11) is 1.54. The highest BCUT2D eigenvalue weighted by atomic mass is 35.5. The first-order valence-corrected chi connectivity index (χ1v) is 5.52. The summed E-state index contributed by atoms with van der Waals surface area (Å²) in [5.41, 5.74) is 1.28. The molecule has 0 saturated heterocycles. The molecular formula is C13H10ClNO3. The topological polar surface area (TPSA) is 59.4 Å². The van der Waals surface area contributed by atoms with Crippen LogP contribution in [0.4, 0.5) is 0 Å². The van der Waals surface area contributed by atoms with Crippen molar-refractivity contribution in [2.45, 2.75) is 0 Å². The zero-order valence-corrected chi connectivity index (χ0v) is 10.3. The molecule has 1 N–H and O–H groups in total. The van der Waals surface area contributed by atoms with Crippen LogP contribution >= 0.6 is 11.6 Å². The first kappa shape index (κ1) is 12.4. The normalized spacial score (nSPS) is 10.1. The van der Waals surface area contributed by atoms with Crippen molar-refractivity contribution in [1.82, 2.24) is 4.98 Å². The summed E-state index contributed by atoms with van der Waals surface area (Å²) < 4.78 is 5.05. The molecule has 0 amide bonds. The van der Waals surface area contributed by atoms with E-state index in [0.29, 0.717) is 21.9 Å². The highest BCUT2D eigenvalue weighted by molar-refractivity contribution is 6.33. The Kier molecular flexibility index (Phi) is 3.48. The van der Waals surface area contributed by atoms with Gasteiger partial charge in [0.15, 0.2) is 0 Å². The molecule has 0 aliphatic rings. The standard InChI is InChI=1S/C13H10ClNO3/c1-18-8-2-3-10(12(14)6-8)9-4-5-15-7-11(9)13(16)17/h2-7H,1H3,(H,16,17). The van der Waals surface area contributed by atoms with E-state index in [-0.39, 0.29) is 5.56 Å². The number of rotatable bonds is 3. The van der Waals surface area contributed by atoms with E-state index < -0.39 is 5.97 Å². The Hall–Kier alpha value is -2.07. The Morgan fingerprint density at radius 2 is 2.11 bits per heavy atom. The lowest BCUT2D eigenvalue weighted by atomic mass is 10.0. The Morgan fingerprint density at radius 3 is 2.72 bits per heavy atom. The van der Waals surface area contributed by atoms with Crippen LogP contribution in [0, 0.1) is 0 Å². The van der Waals surface area contributed by atoms with Crippen molar-refractivity contribution in [3.8, 4) is 16.9 Å². The number of benzene rings is 1. The molecule has 0 saturated carbocycles. The fraction of sp³-hybridized carbons (Fsp3) is 0.0769. The van der Waals surface area contributed by atoms with Crippen LogP contribution in [0.2, 0.25) is 5.02 Å². The molecule has 0 aliphatic carbocycles. The van der Waals surface area contributed by atoms with Crippen LogP contribution in [-0.4, -0.2) is 23.2 Å². The molecule has 0 unspecified atom stereocenters. The largest absolute Gasteiger partial charge is 0.497 e. The van der Waals surface area contributed by atoms with Gasteiger partial charge in [-0.25, -0.2) is 4.79 Å². The Balaban J connectivity index is 2.59. The molecule has 5 heteroatoms. The van der Waals surface area contributed by atoms with Crippen molar-refractivity contribution >= 4 is 17.6 Å². The Bertz CT molecular complexity index is 599. The van der Waals surface area contributed by atoms with E-state index in [4.69, 9.17) is 21.4 Å². The highest BCUT2D eigenvalue weighted by Gasteiger charge is 2.14. The number of aromatic nitrogens is 1. The summed E-state index contributed by atoms with van der Waals surface area (Å²) in [5.74, 6) is -0.417. The SMILES string of the molecule is COc1ccc(-c2ccncc2C(=O)O)c(Cl)c1. The van der Waals surface area contributed by atoms with Crippen molar-refractivity contribution in [3.05, 3.63) is 47.2 Å².